The lowest BCUT2D eigenvalue weighted by Crippen LogP contribution is -2.15. The summed E-state index contributed by atoms with van der Waals surface area (Å²) in [6.07, 6.45) is 3.00. The highest BCUT2D eigenvalue weighted by Gasteiger charge is 2.48. The molecule has 0 heterocycles. The van der Waals surface area contributed by atoms with Crippen molar-refractivity contribution < 1.29 is 19.4 Å². The summed E-state index contributed by atoms with van der Waals surface area (Å²) < 4.78 is 14.1. The Bertz CT molecular complexity index is 469. The first kappa shape index (κ1) is 12.2. The van der Waals surface area contributed by atoms with Crippen LogP contribution in [0, 0.1) is 5.82 Å². The van der Waals surface area contributed by atoms with Gasteiger partial charge in [-0.2, -0.15) is 0 Å². The van der Waals surface area contributed by atoms with Crippen molar-refractivity contribution in [2.75, 3.05) is 6.26 Å². The van der Waals surface area contributed by atoms with E-state index in [2.05, 4.69) is 0 Å². The number of rotatable bonds is 4. The Balaban J connectivity index is 2.43. The molecular weight excluding hydrogens is 243 g/mol. The Hall–Kier alpha value is -1.23. The molecule has 17 heavy (non-hydrogen) atoms. The largest absolute Gasteiger partial charge is 0.507 e. The Labute approximate surface area is 103 Å². The van der Waals surface area contributed by atoms with Gasteiger partial charge < -0.3 is 10.2 Å². The van der Waals surface area contributed by atoms with E-state index in [4.69, 9.17) is 5.11 Å². The maximum Gasteiger partial charge on any atom is 0.304 e. The minimum Gasteiger partial charge on any atom is -0.507 e. The number of thioether (sulfide) groups is 1. The second kappa shape index (κ2) is 4.22. The minimum absolute atomic E-state index is 0.0531. The Kier molecular flexibility index (Phi) is 3.03. The van der Waals surface area contributed by atoms with Gasteiger partial charge >= 0.3 is 5.97 Å². The average molecular weight is 256 g/mol. The molecule has 5 heteroatoms. The fraction of sp³-hybridized carbons (Fsp3) is 0.417. The highest BCUT2D eigenvalue weighted by Crippen LogP contribution is 2.53. The molecule has 1 aliphatic rings. The molecule has 1 aliphatic carbocycles. The smallest absolute Gasteiger partial charge is 0.304 e. The summed E-state index contributed by atoms with van der Waals surface area (Å²) in [6.45, 7) is 0. The fourth-order valence-electron chi connectivity index (χ4n) is 2.13. The van der Waals surface area contributed by atoms with E-state index >= 15 is 0 Å². The van der Waals surface area contributed by atoms with Crippen molar-refractivity contribution in [3.05, 3.63) is 23.5 Å². The Morgan fingerprint density at radius 1 is 1.53 bits per heavy atom. The van der Waals surface area contributed by atoms with Crippen LogP contribution >= 0.6 is 11.8 Å². The lowest BCUT2D eigenvalue weighted by molar-refractivity contribution is -0.137. The molecule has 0 saturated heterocycles. The van der Waals surface area contributed by atoms with E-state index in [1.54, 1.807) is 6.26 Å². The van der Waals surface area contributed by atoms with Gasteiger partial charge in [0, 0.05) is 5.41 Å². The summed E-state index contributed by atoms with van der Waals surface area (Å²) in [5, 5.41) is 18.4. The number of aromatic hydroxyl groups is 1. The number of carbonyl (C=O) groups is 1. The van der Waals surface area contributed by atoms with Crippen LogP contribution in [0.25, 0.3) is 0 Å². The van der Waals surface area contributed by atoms with Gasteiger partial charge in [-0.15, -0.1) is 11.8 Å². The van der Waals surface area contributed by atoms with E-state index in [0.29, 0.717) is 18.4 Å². The molecule has 0 atom stereocenters. The third-order valence-corrected chi connectivity index (χ3v) is 3.99. The zero-order chi connectivity index (χ0) is 12.6. The van der Waals surface area contributed by atoms with Crippen molar-refractivity contribution >= 4 is 17.7 Å². The number of hydrogen-bond acceptors (Lipinski definition) is 3. The van der Waals surface area contributed by atoms with Gasteiger partial charge in [-0.3, -0.25) is 4.79 Å². The first-order valence-corrected chi connectivity index (χ1v) is 6.50. The molecule has 0 radical (unpaired) electrons. The number of hydrogen-bond donors (Lipinski definition) is 2. The molecule has 3 nitrogen and oxygen atoms in total. The van der Waals surface area contributed by atoms with Gasteiger partial charge in [0.15, 0.2) is 0 Å². The van der Waals surface area contributed by atoms with Gasteiger partial charge in [0.2, 0.25) is 0 Å². The maximum absolute atomic E-state index is 14.1. The number of carboxylic acid groups (broad SMARTS) is 1. The topological polar surface area (TPSA) is 57.5 Å². The predicted octanol–water partition coefficient (Wildman–Crippen LogP) is 2.76. The van der Waals surface area contributed by atoms with Crippen molar-refractivity contribution in [1.29, 1.82) is 0 Å². The van der Waals surface area contributed by atoms with Gasteiger partial charge in [-0.25, -0.2) is 4.39 Å². The molecule has 0 spiro atoms. The summed E-state index contributed by atoms with van der Waals surface area (Å²) in [6, 6.07) is 2.94. The second-order valence-electron chi connectivity index (χ2n) is 4.33. The van der Waals surface area contributed by atoms with Crippen LogP contribution in [-0.4, -0.2) is 22.4 Å². The SMILES string of the molecule is CSc1c(O)ccc(C2(CC(=O)O)CC2)c1F. The molecule has 0 aliphatic heterocycles. The Morgan fingerprint density at radius 3 is 2.65 bits per heavy atom. The van der Waals surface area contributed by atoms with Crippen LogP contribution in [0.4, 0.5) is 4.39 Å². The molecular formula is C12H13FO3S. The molecule has 2 rings (SSSR count). The molecule has 2 N–H and O–H groups in total. The number of phenols is 1. The van der Waals surface area contributed by atoms with E-state index in [1.807, 2.05) is 0 Å². The highest BCUT2D eigenvalue weighted by atomic mass is 32.2. The first-order chi connectivity index (χ1) is 8.00. The standard InChI is InChI=1S/C12H13FO3S/c1-17-11-8(14)3-2-7(10(11)13)12(4-5-12)6-9(15)16/h2-3,14H,4-6H2,1H3,(H,15,16). The van der Waals surface area contributed by atoms with E-state index in [0.717, 1.165) is 11.8 Å². The zero-order valence-corrected chi connectivity index (χ0v) is 10.2. The molecule has 1 saturated carbocycles. The summed E-state index contributed by atoms with van der Waals surface area (Å²) in [4.78, 5) is 11.0. The van der Waals surface area contributed by atoms with Crippen LogP contribution in [0.5, 0.6) is 5.75 Å². The predicted molar refractivity (Wildman–Crippen MR) is 63.0 cm³/mol. The van der Waals surface area contributed by atoms with E-state index in [1.165, 1.54) is 12.1 Å². The molecule has 0 amide bonds. The van der Waals surface area contributed by atoms with Gasteiger partial charge in [0.05, 0.1) is 11.3 Å². The van der Waals surface area contributed by atoms with Crippen LogP contribution in [-0.2, 0) is 10.2 Å². The quantitative estimate of drug-likeness (QED) is 0.813. The fourth-order valence-corrected chi connectivity index (χ4v) is 2.70. The van der Waals surface area contributed by atoms with Crippen LogP contribution in [0.15, 0.2) is 17.0 Å². The second-order valence-corrected chi connectivity index (χ2v) is 5.15. The zero-order valence-electron chi connectivity index (χ0n) is 9.36. The molecule has 1 aromatic rings. The lowest BCUT2D eigenvalue weighted by Gasteiger charge is -2.16. The molecule has 0 aromatic heterocycles. The summed E-state index contributed by atoms with van der Waals surface area (Å²) >= 11 is 1.13. The highest BCUT2D eigenvalue weighted by molar-refractivity contribution is 7.98. The van der Waals surface area contributed by atoms with Crippen LogP contribution in [0.3, 0.4) is 0 Å². The molecule has 0 unspecified atom stereocenters. The first-order valence-electron chi connectivity index (χ1n) is 5.28. The molecule has 1 fully saturated rings. The van der Waals surface area contributed by atoms with E-state index in [9.17, 15) is 14.3 Å². The maximum atomic E-state index is 14.1. The van der Waals surface area contributed by atoms with Crippen molar-refractivity contribution in [2.45, 2.75) is 29.6 Å². The van der Waals surface area contributed by atoms with E-state index < -0.39 is 17.2 Å². The van der Waals surface area contributed by atoms with Crippen LogP contribution in [0.1, 0.15) is 24.8 Å². The van der Waals surface area contributed by atoms with Gasteiger partial charge in [-0.1, -0.05) is 6.07 Å². The summed E-state index contributed by atoms with van der Waals surface area (Å²) in [5.74, 6) is -1.48. The van der Waals surface area contributed by atoms with E-state index in [-0.39, 0.29) is 17.1 Å². The van der Waals surface area contributed by atoms with Crippen molar-refractivity contribution in [3.8, 4) is 5.75 Å². The monoisotopic (exact) mass is 256 g/mol. The van der Waals surface area contributed by atoms with Crippen molar-refractivity contribution in [3.63, 3.8) is 0 Å². The molecule has 92 valence electrons. The van der Waals surface area contributed by atoms with Crippen molar-refractivity contribution in [2.24, 2.45) is 0 Å². The van der Waals surface area contributed by atoms with Crippen molar-refractivity contribution in [1.82, 2.24) is 0 Å². The third kappa shape index (κ3) is 2.11. The summed E-state index contributed by atoms with van der Waals surface area (Å²) in [7, 11) is 0. The van der Waals surface area contributed by atoms with Gasteiger partial charge in [0.25, 0.3) is 0 Å². The minimum atomic E-state index is -0.916. The molecule has 1 aromatic carbocycles. The summed E-state index contributed by atoms with van der Waals surface area (Å²) in [5.41, 5.74) is -0.143. The number of aliphatic carboxylic acids is 1. The van der Waals surface area contributed by atoms with Gasteiger partial charge in [-0.05, 0) is 30.7 Å². The number of halogens is 1. The lowest BCUT2D eigenvalue weighted by atomic mass is 9.92. The average Bonchev–Trinajstić information content (AvgIpc) is 2.98. The van der Waals surface area contributed by atoms with Gasteiger partial charge in [0.1, 0.15) is 11.6 Å². The number of phenolic OH excluding ortho intramolecular Hbond substituents is 1. The molecule has 0 bridgehead atoms. The number of benzene rings is 1. The Morgan fingerprint density at radius 2 is 2.18 bits per heavy atom. The van der Waals surface area contributed by atoms with Crippen LogP contribution in [0.2, 0.25) is 0 Å². The number of carboxylic acids is 1. The third-order valence-electron chi connectivity index (χ3n) is 3.19. The normalized spacial score (nSPS) is 16.8. The van der Waals surface area contributed by atoms with Crippen LogP contribution < -0.4 is 0 Å².